The largest absolute Gasteiger partial charge is 0.378 e. The standard InChI is InChI=1S/C9H16O2/c1-3-5-6-7-9(11,4-2)8-10/h4,8,11H,2-3,5-7H2,1H3. The predicted octanol–water partition coefficient (Wildman–Crippen LogP) is 1.68. The Bertz CT molecular complexity index is 122. The summed E-state index contributed by atoms with van der Waals surface area (Å²) < 4.78 is 0. The second kappa shape index (κ2) is 5.08. The van der Waals surface area contributed by atoms with E-state index in [9.17, 15) is 9.90 Å². The number of aldehydes is 1. The minimum atomic E-state index is -1.28. The van der Waals surface area contributed by atoms with Gasteiger partial charge in [0.25, 0.3) is 0 Å². The van der Waals surface area contributed by atoms with Crippen LogP contribution in [0.1, 0.15) is 32.6 Å². The maximum Gasteiger partial charge on any atom is 0.155 e. The summed E-state index contributed by atoms with van der Waals surface area (Å²) in [4.78, 5) is 10.3. The lowest BCUT2D eigenvalue weighted by molar-refractivity contribution is -0.120. The monoisotopic (exact) mass is 156 g/mol. The number of hydrogen-bond donors (Lipinski definition) is 1. The molecule has 0 saturated heterocycles. The fourth-order valence-corrected chi connectivity index (χ4v) is 0.867. The Balaban J connectivity index is 3.69. The number of carbonyl (C=O) groups is 1. The van der Waals surface area contributed by atoms with E-state index in [4.69, 9.17) is 0 Å². The summed E-state index contributed by atoms with van der Waals surface area (Å²) in [7, 11) is 0. The normalized spacial score (nSPS) is 15.5. The van der Waals surface area contributed by atoms with Crippen molar-refractivity contribution in [3.63, 3.8) is 0 Å². The van der Waals surface area contributed by atoms with E-state index in [1.54, 1.807) is 0 Å². The van der Waals surface area contributed by atoms with Crippen LogP contribution in [0.25, 0.3) is 0 Å². The summed E-state index contributed by atoms with van der Waals surface area (Å²) in [5.74, 6) is 0. The van der Waals surface area contributed by atoms with Gasteiger partial charge in [0, 0.05) is 0 Å². The lowest BCUT2D eigenvalue weighted by atomic mass is 9.98. The molecule has 0 aliphatic heterocycles. The lowest BCUT2D eigenvalue weighted by Gasteiger charge is -2.15. The number of unbranched alkanes of at least 4 members (excludes halogenated alkanes) is 2. The minimum Gasteiger partial charge on any atom is -0.378 e. The maximum atomic E-state index is 10.3. The van der Waals surface area contributed by atoms with Gasteiger partial charge in [-0.05, 0) is 12.8 Å². The molecule has 0 aromatic heterocycles. The highest BCUT2D eigenvalue weighted by Gasteiger charge is 2.20. The third-order valence-electron chi connectivity index (χ3n) is 1.74. The number of rotatable bonds is 6. The van der Waals surface area contributed by atoms with E-state index in [-0.39, 0.29) is 0 Å². The van der Waals surface area contributed by atoms with Crippen molar-refractivity contribution >= 4 is 6.29 Å². The van der Waals surface area contributed by atoms with Gasteiger partial charge >= 0.3 is 0 Å². The van der Waals surface area contributed by atoms with Gasteiger partial charge in [-0.1, -0.05) is 32.4 Å². The first-order chi connectivity index (χ1) is 5.18. The zero-order valence-electron chi connectivity index (χ0n) is 7.05. The average molecular weight is 156 g/mol. The Kier molecular flexibility index (Phi) is 4.79. The van der Waals surface area contributed by atoms with Crippen molar-refractivity contribution in [2.75, 3.05) is 0 Å². The molecular formula is C9H16O2. The molecule has 0 aliphatic rings. The van der Waals surface area contributed by atoms with Crippen molar-refractivity contribution in [2.24, 2.45) is 0 Å². The van der Waals surface area contributed by atoms with Crippen LogP contribution in [0.2, 0.25) is 0 Å². The Morgan fingerprint density at radius 3 is 2.55 bits per heavy atom. The first-order valence-corrected chi connectivity index (χ1v) is 4.01. The second-order valence-corrected chi connectivity index (χ2v) is 2.77. The highest BCUT2D eigenvalue weighted by atomic mass is 16.3. The quantitative estimate of drug-likeness (QED) is 0.361. The molecule has 64 valence electrons. The Morgan fingerprint density at radius 2 is 2.18 bits per heavy atom. The molecule has 0 saturated carbocycles. The van der Waals surface area contributed by atoms with Crippen LogP contribution in [0, 0.1) is 0 Å². The molecule has 2 heteroatoms. The molecule has 1 unspecified atom stereocenters. The van der Waals surface area contributed by atoms with Crippen LogP contribution in [0.5, 0.6) is 0 Å². The SMILES string of the molecule is C=CC(O)(C=O)CCCCC. The molecule has 0 aromatic carbocycles. The second-order valence-electron chi connectivity index (χ2n) is 2.77. The molecule has 0 fully saturated rings. The van der Waals surface area contributed by atoms with Crippen molar-refractivity contribution in [1.82, 2.24) is 0 Å². The van der Waals surface area contributed by atoms with E-state index in [0.29, 0.717) is 12.7 Å². The van der Waals surface area contributed by atoms with Crippen LogP contribution in [0.3, 0.4) is 0 Å². The molecule has 0 rings (SSSR count). The summed E-state index contributed by atoms with van der Waals surface area (Å²) in [6.45, 7) is 5.48. The number of aliphatic hydroxyl groups is 1. The summed E-state index contributed by atoms with van der Waals surface area (Å²) in [6.07, 6.45) is 5.35. The van der Waals surface area contributed by atoms with Gasteiger partial charge in [-0.2, -0.15) is 0 Å². The van der Waals surface area contributed by atoms with Gasteiger partial charge in [-0.25, -0.2) is 0 Å². The molecule has 0 aromatic rings. The first kappa shape index (κ1) is 10.4. The van der Waals surface area contributed by atoms with E-state index >= 15 is 0 Å². The Morgan fingerprint density at radius 1 is 1.55 bits per heavy atom. The van der Waals surface area contributed by atoms with Crippen molar-refractivity contribution in [3.05, 3.63) is 12.7 Å². The van der Waals surface area contributed by atoms with Crippen LogP contribution < -0.4 is 0 Å². The van der Waals surface area contributed by atoms with Crippen LogP contribution in [0.15, 0.2) is 12.7 Å². The maximum absolute atomic E-state index is 10.3. The van der Waals surface area contributed by atoms with Gasteiger partial charge in [0.2, 0.25) is 0 Å². The predicted molar refractivity (Wildman–Crippen MR) is 45.4 cm³/mol. The van der Waals surface area contributed by atoms with E-state index in [0.717, 1.165) is 19.3 Å². The van der Waals surface area contributed by atoms with Crippen LogP contribution in [0.4, 0.5) is 0 Å². The molecule has 0 radical (unpaired) electrons. The molecule has 1 atom stereocenters. The topological polar surface area (TPSA) is 37.3 Å². The highest BCUT2D eigenvalue weighted by molar-refractivity contribution is 5.65. The Hall–Kier alpha value is -0.630. The van der Waals surface area contributed by atoms with Crippen LogP contribution >= 0.6 is 0 Å². The van der Waals surface area contributed by atoms with Gasteiger partial charge in [0.15, 0.2) is 6.29 Å². The molecule has 0 bridgehead atoms. The molecule has 11 heavy (non-hydrogen) atoms. The van der Waals surface area contributed by atoms with Gasteiger partial charge in [-0.15, -0.1) is 0 Å². The number of carbonyl (C=O) groups excluding carboxylic acids is 1. The van der Waals surface area contributed by atoms with Crippen molar-refractivity contribution in [2.45, 2.75) is 38.2 Å². The number of hydrogen-bond acceptors (Lipinski definition) is 2. The molecule has 0 aliphatic carbocycles. The summed E-state index contributed by atoms with van der Waals surface area (Å²) in [5, 5.41) is 9.37. The van der Waals surface area contributed by atoms with Crippen LogP contribution in [-0.2, 0) is 4.79 Å². The molecule has 0 amide bonds. The van der Waals surface area contributed by atoms with E-state index in [1.165, 1.54) is 6.08 Å². The van der Waals surface area contributed by atoms with Gasteiger partial charge in [0.05, 0.1) is 0 Å². The van der Waals surface area contributed by atoms with E-state index in [2.05, 4.69) is 13.5 Å². The van der Waals surface area contributed by atoms with Gasteiger partial charge in [-0.3, -0.25) is 4.79 Å². The summed E-state index contributed by atoms with van der Waals surface area (Å²) in [6, 6.07) is 0. The highest BCUT2D eigenvalue weighted by Crippen LogP contribution is 2.13. The fraction of sp³-hybridized carbons (Fsp3) is 0.667. The van der Waals surface area contributed by atoms with E-state index in [1.807, 2.05) is 0 Å². The molecular weight excluding hydrogens is 140 g/mol. The van der Waals surface area contributed by atoms with Crippen molar-refractivity contribution < 1.29 is 9.90 Å². The average Bonchev–Trinajstić information content (AvgIpc) is 2.05. The zero-order chi connectivity index (χ0) is 8.74. The smallest absolute Gasteiger partial charge is 0.155 e. The Labute approximate surface area is 67.9 Å². The first-order valence-electron chi connectivity index (χ1n) is 4.01. The molecule has 1 N–H and O–H groups in total. The molecule has 2 nitrogen and oxygen atoms in total. The third-order valence-corrected chi connectivity index (χ3v) is 1.74. The van der Waals surface area contributed by atoms with Crippen LogP contribution in [-0.4, -0.2) is 17.0 Å². The molecule has 0 spiro atoms. The lowest BCUT2D eigenvalue weighted by Crippen LogP contribution is -2.26. The van der Waals surface area contributed by atoms with Crippen molar-refractivity contribution in [3.8, 4) is 0 Å². The van der Waals surface area contributed by atoms with Gasteiger partial charge < -0.3 is 5.11 Å². The van der Waals surface area contributed by atoms with E-state index < -0.39 is 5.60 Å². The zero-order valence-corrected chi connectivity index (χ0v) is 7.05. The van der Waals surface area contributed by atoms with Gasteiger partial charge in [0.1, 0.15) is 5.60 Å². The summed E-state index contributed by atoms with van der Waals surface area (Å²) >= 11 is 0. The summed E-state index contributed by atoms with van der Waals surface area (Å²) in [5.41, 5.74) is -1.28. The third kappa shape index (κ3) is 3.94. The minimum absolute atomic E-state index is 0.494. The van der Waals surface area contributed by atoms with Crippen molar-refractivity contribution in [1.29, 1.82) is 0 Å². The molecule has 0 heterocycles. The fourth-order valence-electron chi connectivity index (χ4n) is 0.867.